The first-order valence-corrected chi connectivity index (χ1v) is 7.64. The van der Waals surface area contributed by atoms with Gasteiger partial charge in [0.15, 0.2) is 0 Å². The summed E-state index contributed by atoms with van der Waals surface area (Å²) in [6.45, 7) is 2.02. The average molecular weight is 324 g/mol. The minimum atomic E-state index is -4.94. The first-order valence-electron chi connectivity index (χ1n) is 4.82. The van der Waals surface area contributed by atoms with Crippen LogP contribution in [-0.4, -0.2) is 17.9 Å². The van der Waals surface area contributed by atoms with E-state index in [0.29, 0.717) is 0 Å². The monoisotopic (exact) mass is 323 g/mol. The molecular weight excluding hydrogens is 314 g/mol. The second kappa shape index (κ2) is 7.25. The Labute approximate surface area is 120 Å². The number of rotatable bonds is 0. The minimum absolute atomic E-state index is 0.889. The van der Waals surface area contributed by atoms with E-state index in [1.165, 1.54) is 9.81 Å². The predicted molar refractivity (Wildman–Crippen MR) is 64.5 cm³/mol. The molecule has 19 heavy (non-hydrogen) atoms. The van der Waals surface area contributed by atoms with Gasteiger partial charge in [0.1, 0.15) is 0 Å². The molecule has 2 aliphatic rings. The molecule has 2 rings (SSSR count). The van der Waals surface area contributed by atoms with Crippen LogP contribution in [0.2, 0.25) is 0 Å². The van der Waals surface area contributed by atoms with Crippen molar-refractivity contribution in [3.63, 3.8) is 0 Å². The Kier molecular flexibility index (Phi) is 6.27. The van der Waals surface area contributed by atoms with Crippen molar-refractivity contribution in [2.45, 2.75) is 6.92 Å². The molecule has 0 spiro atoms. The molecule has 0 aromatic carbocycles. The molecule has 1 aliphatic carbocycles. The van der Waals surface area contributed by atoms with E-state index in [9.17, 15) is 0 Å². The zero-order valence-electron chi connectivity index (χ0n) is 9.99. The van der Waals surface area contributed by atoms with Gasteiger partial charge >= 0.3 is 5.78 Å². The van der Waals surface area contributed by atoms with E-state index in [1.54, 1.807) is 30.8 Å². The molecule has 6 nitrogen and oxygen atoms in total. The Morgan fingerprint density at radius 1 is 1.11 bits per heavy atom. The van der Waals surface area contributed by atoms with E-state index in [2.05, 4.69) is 16.5 Å². The molecule has 9 heteroatoms. The Morgan fingerprint density at radius 2 is 1.63 bits per heavy atom. The number of hydrogen-bond acceptors (Lipinski definition) is 7. The second-order valence-electron chi connectivity index (χ2n) is 3.20. The van der Waals surface area contributed by atoms with Gasteiger partial charge in [0.05, 0.1) is 9.28 Å². The summed E-state index contributed by atoms with van der Waals surface area (Å²) < 4.78 is 44.6. The summed E-state index contributed by atoms with van der Waals surface area (Å²) in [4.78, 5) is 0. The summed E-state index contributed by atoms with van der Waals surface area (Å²) in [7, 11) is -3.27. The number of carbonyl (C=O) groups excluding carboxylic acids is 1. The van der Waals surface area contributed by atoms with E-state index >= 15 is 0 Å². The van der Waals surface area contributed by atoms with Crippen LogP contribution in [0.25, 0.3) is 0 Å². The first-order chi connectivity index (χ1) is 8.79. The first kappa shape index (κ1) is 16.4. The highest BCUT2D eigenvalue weighted by Crippen LogP contribution is 2.41. The van der Waals surface area contributed by atoms with E-state index < -0.39 is 10.2 Å². The zero-order valence-corrected chi connectivity index (χ0v) is 12.4. The third-order valence-electron chi connectivity index (χ3n) is 1.82. The average Bonchev–Trinajstić information content (AvgIpc) is 2.74. The molecule has 0 bridgehead atoms. The molecule has 104 valence electrons. The fraction of sp³-hybridized carbons (Fsp3) is 0.200. The van der Waals surface area contributed by atoms with E-state index in [0.717, 1.165) is 10.8 Å². The molecule has 0 radical (unpaired) electrons. The fourth-order valence-electron chi connectivity index (χ4n) is 1.12. The number of allylic oxidation sites excluding steroid dienone is 5. The Balaban J connectivity index is 0.000000312. The van der Waals surface area contributed by atoms with Crippen molar-refractivity contribution in [3.8, 4) is 0 Å². The van der Waals surface area contributed by atoms with Crippen molar-refractivity contribution < 1.29 is 33.3 Å². The highest BCUT2D eigenvalue weighted by atomic mass is 35.7. The summed E-state index contributed by atoms with van der Waals surface area (Å²) in [5, 5.41) is 1.11. The van der Waals surface area contributed by atoms with Gasteiger partial charge in [0.25, 0.3) is 7.11 Å². The fourth-order valence-corrected chi connectivity index (χ4v) is 2.97. The largest absolute Gasteiger partial charge is 0.343 e. The molecule has 0 atom stereocenters. The van der Waals surface area contributed by atoms with Crippen LogP contribution >= 0.6 is 23.7 Å². The van der Waals surface area contributed by atoms with Crippen LogP contribution in [0.1, 0.15) is 6.92 Å². The van der Waals surface area contributed by atoms with Crippen LogP contribution in [0, 0.1) is 10.2 Å². The molecule has 0 amide bonds. The SMILES string of the molecule is C[O+]=C1C=CC(=C2SN=C(C)S2)C=C1.[O-][Cl+3]([O-])([O-])[O-]. The molecule has 0 unspecified atom stereocenters. The van der Waals surface area contributed by atoms with Crippen molar-refractivity contribution in [2.75, 3.05) is 7.11 Å². The lowest BCUT2D eigenvalue weighted by molar-refractivity contribution is -2.00. The van der Waals surface area contributed by atoms with E-state index in [4.69, 9.17) is 23.1 Å². The number of hydrogen-bond donors (Lipinski definition) is 0. The lowest BCUT2D eigenvalue weighted by atomic mass is 10.1. The topological polar surface area (TPSA) is 116 Å². The Bertz CT molecular complexity index is 467. The summed E-state index contributed by atoms with van der Waals surface area (Å²) >= 11 is 3.26. The Morgan fingerprint density at radius 3 is 2.00 bits per heavy atom. The van der Waals surface area contributed by atoms with Crippen LogP contribution in [0.15, 0.2) is 38.5 Å². The maximum atomic E-state index is 8.49. The molecule has 0 N–H and O–H groups in total. The molecule has 0 aromatic rings. The van der Waals surface area contributed by atoms with E-state index in [-0.39, 0.29) is 0 Å². The van der Waals surface area contributed by atoms with Crippen LogP contribution in [0.3, 0.4) is 0 Å². The maximum Gasteiger partial charge on any atom is 0.343 e. The number of thioether (sulfide) groups is 1. The van der Waals surface area contributed by atoms with Gasteiger partial charge in [-0.3, -0.25) is 4.42 Å². The van der Waals surface area contributed by atoms with Gasteiger partial charge in [-0.05, 0) is 24.6 Å². The number of halogens is 1. The summed E-state index contributed by atoms with van der Waals surface area (Å²) in [6, 6.07) is 0. The second-order valence-corrected chi connectivity index (χ2v) is 6.19. The van der Waals surface area contributed by atoms with Crippen molar-refractivity contribution in [1.29, 1.82) is 0 Å². The predicted octanol–water partition coefficient (Wildman–Crippen LogP) is -1.88. The summed E-state index contributed by atoms with van der Waals surface area (Å²) in [5.41, 5.74) is 1.21. The smallest absolute Gasteiger partial charge is 0.258 e. The zero-order chi connectivity index (χ0) is 14.5. The molecular formula is C10H10ClNO5S2. The van der Waals surface area contributed by atoms with Crippen LogP contribution in [-0.2, 0) is 4.42 Å². The maximum absolute atomic E-state index is 8.49. The normalized spacial score (nSPS) is 18.2. The van der Waals surface area contributed by atoms with Crippen LogP contribution in [0.4, 0.5) is 0 Å². The third kappa shape index (κ3) is 6.92. The van der Waals surface area contributed by atoms with Crippen LogP contribution < -0.4 is 18.6 Å². The van der Waals surface area contributed by atoms with Crippen molar-refractivity contribution in [3.05, 3.63) is 34.1 Å². The van der Waals surface area contributed by atoms with Crippen molar-refractivity contribution in [2.24, 2.45) is 4.40 Å². The minimum Gasteiger partial charge on any atom is -0.258 e. The summed E-state index contributed by atoms with van der Waals surface area (Å²) in [5.74, 6) is 0.889. The number of nitrogens with zero attached hydrogens (tertiary/aromatic N) is 1. The molecule has 0 fully saturated rings. The highest BCUT2D eigenvalue weighted by Gasteiger charge is 2.15. The lowest BCUT2D eigenvalue weighted by Gasteiger charge is -2.17. The molecule has 0 aromatic heterocycles. The van der Waals surface area contributed by atoms with E-state index in [1.807, 2.05) is 19.1 Å². The van der Waals surface area contributed by atoms with Gasteiger partial charge < -0.3 is 0 Å². The Hall–Kier alpha value is -0.610. The van der Waals surface area contributed by atoms with Gasteiger partial charge in [-0.1, -0.05) is 11.8 Å². The van der Waals surface area contributed by atoms with Gasteiger partial charge in [0.2, 0.25) is 0 Å². The highest BCUT2D eigenvalue weighted by molar-refractivity contribution is 8.32. The van der Waals surface area contributed by atoms with Gasteiger partial charge in [0, 0.05) is 24.1 Å². The third-order valence-corrected chi connectivity index (χ3v) is 3.99. The standard InChI is InChI=1S/C10H10NOS2.ClHO4/c1-7-11-14-10(13-7)8-3-5-9(12-2)6-4-8;2-1(3,4)5/h3-6H,1-2H3;(H,2,3,4,5)/q+1;/p-1. The molecule has 1 heterocycles. The van der Waals surface area contributed by atoms with Crippen molar-refractivity contribution in [1.82, 2.24) is 0 Å². The van der Waals surface area contributed by atoms with Crippen LogP contribution in [0.5, 0.6) is 0 Å². The molecule has 0 saturated carbocycles. The van der Waals surface area contributed by atoms with Gasteiger partial charge in [-0.2, -0.15) is 0 Å². The van der Waals surface area contributed by atoms with Gasteiger partial charge in [-0.25, -0.2) is 23.0 Å². The quantitative estimate of drug-likeness (QED) is 0.380. The molecule has 1 aliphatic heterocycles. The lowest BCUT2D eigenvalue weighted by Crippen LogP contribution is -2.68. The number of ketones is 1. The van der Waals surface area contributed by atoms with Gasteiger partial charge in [-0.15, -0.1) is 10.2 Å². The summed E-state index contributed by atoms with van der Waals surface area (Å²) in [6.07, 6.45) is 8.05. The van der Waals surface area contributed by atoms with Crippen molar-refractivity contribution >= 4 is 34.5 Å². The molecule has 0 saturated heterocycles.